The van der Waals surface area contributed by atoms with Gasteiger partial charge in [-0.25, -0.2) is 9.78 Å². The zero-order valence-electron chi connectivity index (χ0n) is 23.0. The van der Waals surface area contributed by atoms with E-state index < -0.39 is 23.7 Å². The van der Waals surface area contributed by atoms with Crippen LogP contribution in [-0.2, 0) is 14.3 Å². The Kier molecular flexibility index (Phi) is 8.25. The maximum absolute atomic E-state index is 13.5. The molecule has 2 aromatic carbocycles. The fourth-order valence-electron chi connectivity index (χ4n) is 4.64. The molecule has 1 saturated heterocycles. The number of ether oxygens (including phenoxy) is 4. The minimum absolute atomic E-state index is 0.114. The Bertz CT molecular complexity index is 1510. The summed E-state index contributed by atoms with van der Waals surface area (Å²) in [5.74, 6) is -1.09. The van der Waals surface area contributed by atoms with E-state index in [0.717, 1.165) is 24.2 Å². The summed E-state index contributed by atoms with van der Waals surface area (Å²) in [6.45, 7) is 6.90. The molecule has 11 heteroatoms. The van der Waals surface area contributed by atoms with Crippen molar-refractivity contribution in [2.75, 3.05) is 31.3 Å². The zero-order chi connectivity index (χ0) is 29.1. The van der Waals surface area contributed by atoms with Crippen LogP contribution >= 0.6 is 11.3 Å². The van der Waals surface area contributed by atoms with Gasteiger partial charge < -0.3 is 24.1 Å². The van der Waals surface area contributed by atoms with Gasteiger partial charge in [0, 0.05) is 5.56 Å². The number of aliphatic hydroxyl groups is 1. The van der Waals surface area contributed by atoms with Gasteiger partial charge in [0.25, 0.3) is 5.78 Å². The number of fused-ring (bicyclic) bond motifs is 1. The lowest BCUT2D eigenvalue weighted by Crippen LogP contribution is -2.29. The van der Waals surface area contributed by atoms with Crippen LogP contribution in [0.15, 0.2) is 48.0 Å². The molecule has 0 spiro atoms. The van der Waals surface area contributed by atoms with E-state index in [4.69, 9.17) is 18.9 Å². The highest BCUT2D eigenvalue weighted by Gasteiger charge is 2.48. The lowest BCUT2D eigenvalue weighted by molar-refractivity contribution is -0.132. The number of carbonyl (C=O) groups is 3. The number of esters is 1. The van der Waals surface area contributed by atoms with Gasteiger partial charge >= 0.3 is 11.9 Å². The van der Waals surface area contributed by atoms with Crippen LogP contribution in [0.5, 0.6) is 17.2 Å². The number of aryl methyl sites for hydroxylation is 1. The van der Waals surface area contributed by atoms with Crippen LogP contribution in [0.2, 0.25) is 0 Å². The highest BCUT2D eigenvalue weighted by atomic mass is 32.1. The van der Waals surface area contributed by atoms with Crippen molar-refractivity contribution >= 4 is 39.9 Å². The lowest BCUT2D eigenvalue weighted by atomic mass is 9.95. The highest BCUT2D eigenvalue weighted by molar-refractivity contribution is 7.17. The lowest BCUT2D eigenvalue weighted by Gasteiger charge is -2.23. The first-order valence-electron chi connectivity index (χ1n) is 13.4. The summed E-state index contributed by atoms with van der Waals surface area (Å²) >= 11 is 0.956. The minimum atomic E-state index is -1.02. The highest BCUT2D eigenvalue weighted by Crippen LogP contribution is 2.45. The number of aliphatic hydroxyl groups excluding tert-OH is 1. The van der Waals surface area contributed by atoms with Gasteiger partial charge in [-0.15, -0.1) is 0 Å². The van der Waals surface area contributed by atoms with Crippen molar-refractivity contribution in [2.24, 2.45) is 0 Å². The molecule has 2 aliphatic rings. The Morgan fingerprint density at radius 1 is 1.10 bits per heavy atom. The van der Waals surface area contributed by atoms with Gasteiger partial charge in [0.2, 0.25) is 0 Å². The van der Waals surface area contributed by atoms with Crippen LogP contribution in [0.1, 0.15) is 59.2 Å². The minimum Gasteiger partial charge on any atom is -0.507 e. The van der Waals surface area contributed by atoms with Crippen molar-refractivity contribution in [1.29, 1.82) is 0 Å². The number of rotatable bonds is 9. The molecule has 1 fully saturated rings. The molecule has 41 heavy (non-hydrogen) atoms. The average Bonchev–Trinajstić information content (AvgIpc) is 3.49. The first-order valence-corrected chi connectivity index (χ1v) is 14.2. The largest absolute Gasteiger partial charge is 0.507 e. The summed E-state index contributed by atoms with van der Waals surface area (Å²) < 4.78 is 22.1. The van der Waals surface area contributed by atoms with E-state index in [1.807, 2.05) is 0 Å². The molecule has 1 N–H and O–H groups in total. The maximum atomic E-state index is 13.5. The molecule has 1 amide bonds. The number of Topliss-reactive ketones (excluding diaryl/α,β-unsaturated/α-hetero) is 1. The van der Waals surface area contributed by atoms with E-state index in [9.17, 15) is 19.5 Å². The molecule has 3 aromatic rings. The predicted molar refractivity (Wildman–Crippen MR) is 152 cm³/mol. The van der Waals surface area contributed by atoms with Crippen molar-refractivity contribution in [3.8, 4) is 17.2 Å². The Morgan fingerprint density at radius 3 is 2.54 bits per heavy atom. The van der Waals surface area contributed by atoms with Crippen LogP contribution in [0, 0.1) is 6.92 Å². The van der Waals surface area contributed by atoms with Gasteiger partial charge in [-0.1, -0.05) is 36.8 Å². The predicted octanol–water partition coefficient (Wildman–Crippen LogP) is 5.20. The third-order valence-electron chi connectivity index (χ3n) is 6.67. The second-order valence-electron chi connectivity index (χ2n) is 9.43. The number of benzene rings is 2. The number of amides is 1. The van der Waals surface area contributed by atoms with Gasteiger partial charge in [-0.05, 0) is 56.2 Å². The van der Waals surface area contributed by atoms with Crippen molar-refractivity contribution in [1.82, 2.24) is 4.98 Å². The molecule has 0 aliphatic carbocycles. The van der Waals surface area contributed by atoms with Gasteiger partial charge in [-0.2, -0.15) is 0 Å². The first kappa shape index (κ1) is 28.2. The number of hydrogen-bond acceptors (Lipinski definition) is 10. The fraction of sp³-hybridized carbons (Fsp3) is 0.333. The van der Waals surface area contributed by atoms with Crippen LogP contribution < -0.4 is 19.1 Å². The molecule has 3 heterocycles. The zero-order valence-corrected chi connectivity index (χ0v) is 23.8. The third kappa shape index (κ3) is 5.49. The van der Waals surface area contributed by atoms with Gasteiger partial charge in [0.1, 0.15) is 29.6 Å². The number of thiazole rings is 1. The van der Waals surface area contributed by atoms with Gasteiger partial charge in [-0.3, -0.25) is 14.5 Å². The standard InChI is InChI=1S/C30H30N2O8S/c1-4-6-13-38-20-10-7-18(8-11-20)24-23(25(33)19-9-12-21-22(16-19)40-15-14-39-21)26(34)28(35)32(24)30-31-17(3)27(41-30)29(36)37-5-2/h7-12,16,24,33H,4-6,13-15H2,1-3H3. The Labute approximate surface area is 241 Å². The molecule has 0 bridgehead atoms. The summed E-state index contributed by atoms with van der Waals surface area (Å²) in [4.78, 5) is 45.5. The smallest absolute Gasteiger partial charge is 0.350 e. The molecule has 1 unspecified atom stereocenters. The quantitative estimate of drug-likeness (QED) is 0.120. The third-order valence-corrected chi connectivity index (χ3v) is 7.81. The fourth-order valence-corrected chi connectivity index (χ4v) is 5.63. The van der Waals surface area contributed by atoms with E-state index in [-0.39, 0.29) is 27.9 Å². The number of anilines is 1. The van der Waals surface area contributed by atoms with Crippen molar-refractivity contribution in [2.45, 2.75) is 39.7 Å². The molecule has 2 aliphatic heterocycles. The monoisotopic (exact) mass is 578 g/mol. The van der Waals surface area contributed by atoms with E-state index >= 15 is 0 Å². The average molecular weight is 579 g/mol. The second-order valence-corrected chi connectivity index (χ2v) is 10.4. The van der Waals surface area contributed by atoms with E-state index in [1.54, 1.807) is 56.3 Å². The number of aromatic nitrogens is 1. The summed E-state index contributed by atoms with van der Waals surface area (Å²) in [5, 5.41) is 11.6. The Balaban J connectivity index is 1.61. The topological polar surface area (TPSA) is 124 Å². The normalized spacial score (nSPS) is 17.5. The van der Waals surface area contributed by atoms with Crippen LogP contribution in [0.25, 0.3) is 5.76 Å². The number of ketones is 1. The molecule has 0 saturated carbocycles. The summed E-state index contributed by atoms with van der Waals surface area (Å²) in [6, 6.07) is 10.8. The maximum Gasteiger partial charge on any atom is 0.350 e. The number of hydrogen-bond donors (Lipinski definition) is 1. The van der Waals surface area contributed by atoms with E-state index in [2.05, 4.69) is 11.9 Å². The second kappa shape index (κ2) is 12.0. The summed E-state index contributed by atoms with van der Waals surface area (Å²) in [6.07, 6.45) is 1.90. The number of unbranched alkanes of at least 4 members (excludes halogenated alkanes) is 1. The molecule has 214 valence electrons. The van der Waals surface area contributed by atoms with Crippen LogP contribution in [0.3, 0.4) is 0 Å². The van der Waals surface area contributed by atoms with Crippen molar-refractivity contribution in [3.05, 3.63) is 69.7 Å². The molecular weight excluding hydrogens is 548 g/mol. The SMILES string of the molecule is CCCCOc1ccc(C2C(=C(O)c3ccc4c(c3)OCCO4)C(=O)C(=O)N2c2nc(C)c(C(=O)OCC)s2)cc1. The molecular formula is C30H30N2O8S. The van der Waals surface area contributed by atoms with Crippen molar-refractivity contribution < 1.29 is 38.4 Å². The summed E-state index contributed by atoms with van der Waals surface area (Å²) in [7, 11) is 0. The van der Waals surface area contributed by atoms with E-state index in [0.29, 0.717) is 53.9 Å². The first-order chi connectivity index (χ1) is 19.8. The Hall–Kier alpha value is -4.38. The van der Waals surface area contributed by atoms with Gasteiger partial charge in [0.05, 0.1) is 30.5 Å². The van der Waals surface area contributed by atoms with E-state index in [1.165, 1.54) is 4.90 Å². The molecule has 10 nitrogen and oxygen atoms in total. The Morgan fingerprint density at radius 2 is 1.83 bits per heavy atom. The molecule has 1 aromatic heterocycles. The summed E-state index contributed by atoms with van der Waals surface area (Å²) in [5.41, 5.74) is 1.10. The van der Waals surface area contributed by atoms with Crippen LogP contribution in [0.4, 0.5) is 5.13 Å². The van der Waals surface area contributed by atoms with Crippen LogP contribution in [-0.4, -0.2) is 54.2 Å². The number of carbonyl (C=O) groups excluding carboxylic acids is 3. The molecule has 0 radical (unpaired) electrons. The van der Waals surface area contributed by atoms with Gasteiger partial charge in [0.15, 0.2) is 16.6 Å². The molecule has 5 rings (SSSR count). The molecule has 1 atom stereocenters. The number of nitrogens with zero attached hydrogens (tertiary/aromatic N) is 2. The van der Waals surface area contributed by atoms with Crippen molar-refractivity contribution in [3.63, 3.8) is 0 Å².